The van der Waals surface area contributed by atoms with Crippen molar-refractivity contribution < 1.29 is 26.6 Å². The van der Waals surface area contributed by atoms with Crippen LogP contribution in [0, 0.1) is 13.8 Å². The third-order valence-electron chi connectivity index (χ3n) is 4.52. The van der Waals surface area contributed by atoms with Crippen molar-refractivity contribution in [3.63, 3.8) is 0 Å². The number of aryl methyl sites for hydroxylation is 2. The van der Waals surface area contributed by atoms with Crippen molar-refractivity contribution in [2.24, 2.45) is 0 Å². The van der Waals surface area contributed by atoms with E-state index in [-0.39, 0.29) is 35.6 Å². The zero-order valence-electron chi connectivity index (χ0n) is 17.9. The molecule has 28 heavy (non-hydrogen) atoms. The smallest absolute Gasteiger partial charge is 0.147 e. The van der Waals surface area contributed by atoms with Gasteiger partial charge in [-0.15, -0.1) is 24.8 Å². The van der Waals surface area contributed by atoms with Crippen LogP contribution >= 0.6 is 36.6 Å². The van der Waals surface area contributed by atoms with E-state index in [1.165, 1.54) is 32.0 Å². The maximum Gasteiger partial charge on any atom is -0.147 e. The molecule has 154 valence electrons. The van der Waals surface area contributed by atoms with Gasteiger partial charge in [-0.25, -0.2) is 0 Å². The molecule has 1 aliphatic rings. The molecule has 2 aromatic rings. The molecule has 0 aromatic heterocycles. The molecule has 0 radical (unpaired) electrons. The Morgan fingerprint density at radius 3 is 1.36 bits per heavy atom. The molecule has 0 spiro atoms. The molecular weight excluding hydrogens is 447 g/mol. The molecule has 0 N–H and O–H groups in total. The Morgan fingerprint density at radius 1 is 0.679 bits per heavy atom. The summed E-state index contributed by atoms with van der Waals surface area (Å²) in [6.07, 6.45) is 0. The number of rotatable bonds is 0. The Balaban J connectivity index is 0.00000196. The summed E-state index contributed by atoms with van der Waals surface area (Å²) in [4.78, 5) is 2.40. The zero-order valence-corrected chi connectivity index (χ0v) is 21.9. The first-order valence-corrected chi connectivity index (χ1v) is 11.1. The van der Waals surface area contributed by atoms with Crippen molar-refractivity contribution in [1.82, 2.24) is 0 Å². The number of hydrogen-bond donors (Lipinski definition) is 0. The van der Waals surface area contributed by atoms with E-state index < -0.39 is 19.9 Å². The molecule has 2 aromatic carbocycles. The molecule has 0 bridgehead atoms. The Kier molecular flexibility index (Phi) is 8.47. The fraction of sp³-hybridized carbons (Fsp3) is 0.455. The SMILES string of the molecule is Cc1cc2c(c(C(C)(C)C)c1)[O][Ti][O]c1c(cc(C)cc1C(C)(C)C)S2.Cl.Cl. The van der Waals surface area contributed by atoms with E-state index in [1.54, 1.807) is 11.8 Å². The second kappa shape index (κ2) is 9.22. The van der Waals surface area contributed by atoms with E-state index in [9.17, 15) is 0 Å². The summed E-state index contributed by atoms with van der Waals surface area (Å²) in [5, 5.41) is 0. The van der Waals surface area contributed by atoms with Crippen LogP contribution in [0.15, 0.2) is 34.1 Å². The van der Waals surface area contributed by atoms with Crippen LogP contribution in [0.3, 0.4) is 0 Å². The van der Waals surface area contributed by atoms with E-state index >= 15 is 0 Å². The van der Waals surface area contributed by atoms with Crippen molar-refractivity contribution >= 4 is 36.6 Å². The second-order valence-corrected chi connectivity index (χ2v) is 11.2. The molecule has 0 unspecified atom stereocenters. The molecule has 0 aliphatic carbocycles. The van der Waals surface area contributed by atoms with Gasteiger partial charge >= 0.3 is 172 Å². The van der Waals surface area contributed by atoms with Gasteiger partial charge in [-0.3, -0.25) is 0 Å². The quantitative estimate of drug-likeness (QED) is 0.365. The van der Waals surface area contributed by atoms with Crippen molar-refractivity contribution in [3.05, 3.63) is 46.5 Å². The Labute approximate surface area is 196 Å². The average Bonchev–Trinajstić information content (AvgIpc) is 2.46. The fourth-order valence-corrected chi connectivity index (χ4v) is 5.64. The van der Waals surface area contributed by atoms with Gasteiger partial charge in [-0.2, -0.15) is 0 Å². The summed E-state index contributed by atoms with van der Waals surface area (Å²) >= 11 is 0.753. The van der Waals surface area contributed by atoms with Gasteiger partial charge in [0.05, 0.1) is 0 Å². The van der Waals surface area contributed by atoms with Crippen LogP contribution < -0.4 is 6.64 Å². The van der Waals surface area contributed by atoms with Crippen LogP contribution in [0.25, 0.3) is 0 Å². The fourth-order valence-electron chi connectivity index (χ4n) is 3.18. The first-order chi connectivity index (χ1) is 12.0. The molecule has 3 rings (SSSR count). The van der Waals surface area contributed by atoms with Crippen LogP contribution in [0.5, 0.6) is 11.5 Å². The van der Waals surface area contributed by atoms with E-state index in [0.717, 1.165) is 11.5 Å². The first kappa shape index (κ1) is 25.7. The Hall–Kier alpha value is -0.316. The van der Waals surface area contributed by atoms with E-state index in [4.69, 9.17) is 6.64 Å². The van der Waals surface area contributed by atoms with E-state index in [1.807, 2.05) is 0 Å². The van der Waals surface area contributed by atoms with Crippen LogP contribution in [0.1, 0.15) is 63.8 Å². The van der Waals surface area contributed by atoms with Crippen molar-refractivity contribution in [2.75, 3.05) is 0 Å². The number of hydrogen-bond acceptors (Lipinski definition) is 3. The van der Waals surface area contributed by atoms with Crippen LogP contribution in [0.2, 0.25) is 0 Å². The predicted molar refractivity (Wildman–Crippen MR) is 120 cm³/mol. The van der Waals surface area contributed by atoms with Gasteiger partial charge in [-0.1, -0.05) is 0 Å². The largest absolute Gasteiger partial charge is 0.147 e. The molecule has 0 amide bonds. The summed E-state index contributed by atoms with van der Waals surface area (Å²) in [6, 6.07) is 9.00. The van der Waals surface area contributed by atoms with E-state index in [0.29, 0.717) is 0 Å². The molecule has 2 nitrogen and oxygen atoms in total. The first-order valence-electron chi connectivity index (χ1n) is 9.03. The molecule has 0 saturated carbocycles. The number of halogens is 2. The monoisotopic (exact) mass is 476 g/mol. The Morgan fingerprint density at radius 2 is 1.04 bits per heavy atom. The van der Waals surface area contributed by atoms with Crippen LogP contribution in [0.4, 0.5) is 0 Å². The minimum atomic E-state index is -1.02. The maximum atomic E-state index is 6.28. The summed E-state index contributed by atoms with van der Waals surface area (Å²) in [7, 11) is 0. The van der Waals surface area contributed by atoms with E-state index in [2.05, 4.69) is 79.7 Å². The second-order valence-electron chi connectivity index (χ2n) is 9.17. The summed E-state index contributed by atoms with van der Waals surface area (Å²) in [5.74, 6) is 2.02. The van der Waals surface area contributed by atoms with Crippen molar-refractivity contribution in [2.45, 2.75) is 76.0 Å². The van der Waals surface area contributed by atoms with Gasteiger partial charge in [0.25, 0.3) is 0 Å². The zero-order chi connectivity index (χ0) is 19.3. The average molecular weight is 477 g/mol. The van der Waals surface area contributed by atoms with Gasteiger partial charge in [0.15, 0.2) is 0 Å². The van der Waals surface area contributed by atoms with Gasteiger partial charge < -0.3 is 0 Å². The third-order valence-corrected chi connectivity index (χ3v) is 6.47. The molecule has 6 heteroatoms. The topological polar surface area (TPSA) is 18.5 Å². The molecule has 0 saturated heterocycles. The van der Waals surface area contributed by atoms with Gasteiger partial charge in [0.2, 0.25) is 0 Å². The van der Waals surface area contributed by atoms with Crippen molar-refractivity contribution in [3.8, 4) is 11.5 Å². The summed E-state index contributed by atoms with van der Waals surface area (Å²) in [5.41, 5.74) is 5.15. The summed E-state index contributed by atoms with van der Waals surface area (Å²) in [6.45, 7) is 17.8. The maximum absolute atomic E-state index is 6.28. The van der Waals surface area contributed by atoms with Gasteiger partial charge in [0, 0.05) is 0 Å². The van der Waals surface area contributed by atoms with Crippen LogP contribution in [-0.2, 0) is 30.8 Å². The number of fused-ring (bicyclic) bond motifs is 2. The van der Waals surface area contributed by atoms with Gasteiger partial charge in [-0.05, 0) is 0 Å². The third kappa shape index (κ3) is 5.43. The molecule has 1 aliphatic heterocycles. The van der Waals surface area contributed by atoms with Crippen LogP contribution in [-0.4, -0.2) is 0 Å². The number of benzene rings is 2. The Bertz CT molecular complexity index is 786. The molecule has 1 heterocycles. The minimum absolute atomic E-state index is 0. The van der Waals surface area contributed by atoms with Crippen molar-refractivity contribution in [1.29, 1.82) is 0 Å². The normalized spacial score (nSPS) is 13.1. The minimum Gasteiger partial charge on any atom is -0.147 e. The van der Waals surface area contributed by atoms with Gasteiger partial charge in [0.1, 0.15) is 0 Å². The summed E-state index contributed by atoms with van der Waals surface area (Å²) < 4.78 is 12.6. The predicted octanol–water partition coefficient (Wildman–Crippen LogP) is 7.58. The molecular formula is C22H30Cl2O2STi. The molecule has 0 atom stereocenters. The standard InChI is InChI=1S/C22H30O2S.2ClH.Ti/c1-13-9-15(21(3,4)5)19(23)17(11-13)25-18-12-14(2)10-16(20(18)24)22(6,7)8;;;/h9-12,23-24H,1-8H3;2*1H;/q;;;+2/p-2. The molecule has 0 fully saturated rings.